The summed E-state index contributed by atoms with van der Waals surface area (Å²) in [6.07, 6.45) is 4.94. The van der Waals surface area contributed by atoms with Crippen LogP contribution in [0.2, 0.25) is 0 Å². The Hall–Kier alpha value is -4.66. The van der Waals surface area contributed by atoms with Gasteiger partial charge < -0.3 is 52.3 Å². The molecule has 4 heterocycles. The lowest BCUT2D eigenvalue weighted by molar-refractivity contribution is -0.689. The highest BCUT2D eigenvalue weighted by molar-refractivity contribution is 7.09. The molecular formula is C24H34N10O8S2. The average molecular weight is 655 g/mol. The fourth-order valence-electron chi connectivity index (χ4n) is 3.53. The Balaban J connectivity index is 0.000000355. The highest BCUT2D eigenvalue weighted by Crippen LogP contribution is 2.15. The van der Waals surface area contributed by atoms with Crippen molar-refractivity contribution in [1.82, 2.24) is 19.9 Å². The maximum Gasteiger partial charge on any atom is 0.225 e. The Labute approximate surface area is 259 Å². The number of nitrogens with two attached hydrogens (primary N) is 2. The van der Waals surface area contributed by atoms with Crippen LogP contribution in [-0.2, 0) is 25.9 Å². The number of rotatable bonds is 8. The number of nitrogens with zero attached hydrogens (tertiary/aromatic N) is 8. The lowest BCUT2D eigenvalue weighted by atomic mass is 10.2. The Morgan fingerprint density at radius 1 is 0.727 bits per heavy atom. The van der Waals surface area contributed by atoms with Gasteiger partial charge in [0.1, 0.15) is 23.3 Å². The third-order valence-electron chi connectivity index (χ3n) is 5.71. The number of aliphatic hydroxyl groups excluding tert-OH is 2. The van der Waals surface area contributed by atoms with Gasteiger partial charge in [0.2, 0.25) is 11.0 Å². The van der Waals surface area contributed by atoms with E-state index in [0.717, 1.165) is 22.5 Å². The van der Waals surface area contributed by atoms with Crippen molar-refractivity contribution in [2.24, 2.45) is 0 Å². The summed E-state index contributed by atoms with van der Waals surface area (Å²) in [7, 11) is 0. The largest absolute Gasteiger partial charge is 0.396 e. The van der Waals surface area contributed by atoms with Crippen LogP contribution < -0.4 is 20.6 Å². The molecule has 0 fully saturated rings. The van der Waals surface area contributed by atoms with Crippen LogP contribution in [0, 0.1) is 58.3 Å². The van der Waals surface area contributed by atoms with Gasteiger partial charge in [0, 0.05) is 52.3 Å². The summed E-state index contributed by atoms with van der Waals surface area (Å²) in [6.45, 7) is 9.43. The van der Waals surface area contributed by atoms with Gasteiger partial charge in [-0.05, 0) is 13.8 Å². The van der Waals surface area contributed by atoms with E-state index in [2.05, 4.69) is 29.1 Å². The first-order valence-corrected chi connectivity index (χ1v) is 14.4. The van der Waals surface area contributed by atoms with E-state index in [0.29, 0.717) is 49.2 Å². The van der Waals surface area contributed by atoms with Crippen molar-refractivity contribution in [1.29, 1.82) is 0 Å². The zero-order valence-corrected chi connectivity index (χ0v) is 26.1. The van der Waals surface area contributed by atoms with E-state index in [1.807, 2.05) is 38.7 Å². The molecular weight excluding hydrogens is 620 g/mol. The number of aromatic nitrogens is 6. The Morgan fingerprint density at radius 3 is 1.32 bits per heavy atom. The van der Waals surface area contributed by atoms with Crippen molar-refractivity contribution in [3.05, 3.63) is 98.0 Å². The Bertz CT molecular complexity index is 1400. The summed E-state index contributed by atoms with van der Waals surface area (Å²) in [5.41, 5.74) is 20.0. The SMILES string of the molecule is Cc1ncc(C[n+]2csc(CCO)c2C)c(N)n1.Cc1ncc(C[n+]2csc(CCO)c2C)c(N)n1.O=[N+]([O-])[O-].O=[N+]([O-])[O-]. The minimum atomic E-state index is -1.75. The van der Waals surface area contributed by atoms with Crippen molar-refractivity contribution in [2.75, 3.05) is 24.7 Å². The number of hydrogen-bond donors (Lipinski definition) is 4. The summed E-state index contributed by atoms with van der Waals surface area (Å²) >= 11 is 3.30. The Morgan fingerprint density at radius 2 is 1.05 bits per heavy atom. The number of anilines is 2. The molecule has 44 heavy (non-hydrogen) atoms. The van der Waals surface area contributed by atoms with Gasteiger partial charge in [-0.1, -0.05) is 22.7 Å². The van der Waals surface area contributed by atoms with Crippen molar-refractivity contribution >= 4 is 34.3 Å². The zero-order chi connectivity index (χ0) is 33.4. The van der Waals surface area contributed by atoms with Crippen LogP contribution in [0.3, 0.4) is 0 Å². The molecule has 0 aliphatic heterocycles. The molecule has 4 rings (SSSR count). The quantitative estimate of drug-likeness (QED) is 0.116. The van der Waals surface area contributed by atoms with E-state index < -0.39 is 10.2 Å². The van der Waals surface area contributed by atoms with Gasteiger partial charge in [-0.3, -0.25) is 0 Å². The molecule has 0 aliphatic carbocycles. The summed E-state index contributed by atoms with van der Waals surface area (Å²) in [5.74, 6) is 2.43. The van der Waals surface area contributed by atoms with Crippen molar-refractivity contribution in [2.45, 2.75) is 53.6 Å². The molecule has 0 saturated carbocycles. The first-order valence-electron chi connectivity index (χ1n) is 12.6. The van der Waals surface area contributed by atoms with Gasteiger partial charge in [-0.25, -0.2) is 19.9 Å². The molecule has 4 aromatic rings. The zero-order valence-electron chi connectivity index (χ0n) is 24.4. The normalized spacial score (nSPS) is 9.95. The maximum atomic E-state index is 8.98. The first kappa shape index (κ1) is 37.4. The van der Waals surface area contributed by atoms with Gasteiger partial charge in [0.05, 0.1) is 31.1 Å². The summed E-state index contributed by atoms with van der Waals surface area (Å²) < 4.78 is 4.22. The second-order valence-corrected chi connectivity index (χ2v) is 10.6. The number of aliphatic hydroxyl groups is 2. The predicted molar refractivity (Wildman–Crippen MR) is 161 cm³/mol. The summed E-state index contributed by atoms with van der Waals surface area (Å²) in [4.78, 5) is 35.6. The molecule has 20 heteroatoms. The van der Waals surface area contributed by atoms with Gasteiger partial charge >= 0.3 is 0 Å². The van der Waals surface area contributed by atoms with E-state index in [-0.39, 0.29) is 13.2 Å². The molecule has 0 atom stereocenters. The smallest absolute Gasteiger partial charge is 0.225 e. The number of thiazole rings is 2. The van der Waals surface area contributed by atoms with Gasteiger partial charge in [-0.2, -0.15) is 9.13 Å². The van der Waals surface area contributed by atoms with E-state index in [9.17, 15) is 0 Å². The molecule has 0 bridgehead atoms. The highest BCUT2D eigenvalue weighted by atomic mass is 32.1. The molecule has 4 aromatic heterocycles. The minimum absolute atomic E-state index is 0.178. The van der Waals surface area contributed by atoms with Crippen molar-refractivity contribution in [3.63, 3.8) is 0 Å². The fourth-order valence-corrected chi connectivity index (χ4v) is 5.50. The summed E-state index contributed by atoms with van der Waals surface area (Å²) in [6, 6.07) is 0. The second-order valence-electron chi connectivity index (χ2n) is 8.77. The van der Waals surface area contributed by atoms with E-state index in [1.54, 1.807) is 35.1 Å². The standard InChI is InChI=1S/2C12H17N4OS.2NO3/c2*1-8-11(3-4-17)18-7-16(8)6-10-5-14-9(2)15-12(10)13;2*2-1(3)4/h2*5,7,17H,3-4,6H2,1-2H3,(H2,13,14,15);;/q2*+1;2*-1. The van der Waals surface area contributed by atoms with Crippen LogP contribution in [0.1, 0.15) is 43.9 Å². The molecule has 0 spiro atoms. The Kier molecular flexibility index (Phi) is 16.0. The van der Waals surface area contributed by atoms with Crippen LogP contribution >= 0.6 is 22.7 Å². The first-order chi connectivity index (χ1) is 20.7. The molecule has 0 aromatic carbocycles. The third-order valence-corrected chi connectivity index (χ3v) is 8.00. The second kappa shape index (κ2) is 18.8. The van der Waals surface area contributed by atoms with Gasteiger partial charge in [0.15, 0.2) is 24.5 Å². The minimum Gasteiger partial charge on any atom is -0.396 e. The summed E-state index contributed by atoms with van der Waals surface area (Å²) in [5, 5.41) is 47.5. The molecule has 0 saturated heterocycles. The van der Waals surface area contributed by atoms with Crippen LogP contribution in [0.5, 0.6) is 0 Å². The van der Waals surface area contributed by atoms with Crippen LogP contribution in [0.15, 0.2) is 23.4 Å². The predicted octanol–water partition coefficient (Wildman–Crippen LogP) is 0.737. The lowest BCUT2D eigenvalue weighted by Crippen LogP contribution is -2.35. The fraction of sp³-hybridized carbons (Fsp3) is 0.417. The molecule has 0 radical (unpaired) electrons. The maximum absolute atomic E-state index is 8.98. The van der Waals surface area contributed by atoms with E-state index in [4.69, 9.17) is 52.3 Å². The highest BCUT2D eigenvalue weighted by Gasteiger charge is 2.18. The molecule has 0 amide bonds. The van der Waals surface area contributed by atoms with Crippen LogP contribution in [-0.4, -0.2) is 53.5 Å². The van der Waals surface area contributed by atoms with Crippen LogP contribution in [0.25, 0.3) is 0 Å². The van der Waals surface area contributed by atoms with Gasteiger partial charge in [0.25, 0.3) is 0 Å². The van der Waals surface area contributed by atoms with E-state index in [1.165, 1.54) is 9.75 Å². The third kappa shape index (κ3) is 13.1. The van der Waals surface area contributed by atoms with E-state index >= 15 is 0 Å². The van der Waals surface area contributed by atoms with Crippen molar-refractivity contribution in [3.8, 4) is 0 Å². The number of hydrogen-bond acceptors (Lipinski definition) is 16. The number of nitrogen functional groups attached to an aromatic ring is 2. The van der Waals surface area contributed by atoms with Crippen molar-refractivity contribution < 1.29 is 29.5 Å². The lowest BCUT2D eigenvalue weighted by Gasteiger charge is -2.01. The molecule has 0 aliphatic rings. The average Bonchev–Trinajstić information content (AvgIpc) is 3.44. The monoisotopic (exact) mass is 654 g/mol. The van der Waals surface area contributed by atoms with Gasteiger partial charge in [-0.15, -0.1) is 0 Å². The molecule has 6 N–H and O–H groups in total. The molecule has 18 nitrogen and oxygen atoms in total. The topological polar surface area (TPSA) is 284 Å². The molecule has 0 unspecified atom stereocenters. The number of aryl methyl sites for hydroxylation is 2. The molecule has 240 valence electrons. The van der Waals surface area contributed by atoms with Crippen LogP contribution in [0.4, 0.5) is 11.6 Å².